The summed E-state index contributed by atoms with van der Waals surface area (Å²) >= 11 is 0. The van der Waals surface area contributed by atoms with Crippen LogP contribution in [0.1, 0.15) is 30.2 Å². The summed E-state index contributed by atoms with van der Waals surface area (Å²) in [4.78, 5) is 19.1. The molecule has 1 aliphatic heterocycles. The van der Waals surface area contributed by atoms with Crippen LogP contribution >= 0.6 is 0 Å². The Hall–Kier alpha value is -2.62. The minimum absolute atomic E-state index is 0.310. The predicted molar refractivity (Wildman–Crippen MR) is 81.8 cm³/mol. The number of nitrogens with zero attached hydrogens (tertiary/aromatic N) is 1. The van der Waals surface area contributed by atoms with Gasteiger partial charge in [-0.25, -0.2) is 9.79 Å². The molecule has 0 unspecified atom stereocenters. The van der Waals surface area contributed by atoms with E-state index in [0.717, 1.165) is 24.1 Å². The standard InChI is InChI=1S/C17H16N2O2/c1-2-4-12-6-8-13(9-7-12)16-19-15(17(20)21-16)11-14-5-3-10-18-14/h3,5-11,18H,2,4H2,1H3/b15-11-. The molecule has 0 atom stereocenters. The van der Waals surface area contributed by atoms with Crippen LogP contribution in [0.3, 0.4) is 0 Å². The molecule has 0 spiro atoms. The molecule has 3 rings (SSSR count). The van der Waals surface area contributed by atoms with E-state index in [4.69, 9.17) is 4.74 Å². The molecule has 0 saturated heterocycles. The van der Waals surface area contributed by atoms with Gasteiger partial charge in [0.25, 0.3) is 0 Å². The summed E-state index contributed by atoms with van der Waals surface area (Å²) in [6.07, 6.45) is 5.63. The van der Waals surface area contributed by atoms with Crippen molar-refractivity contribution in [2.75, 3.05) is 0 Å². The van der Waals surface area contributed by atoms with Gasteiger partial charge in [-0.15, -0.1) is 0 Å². The van der Waals surface area contributed by atoms with Crippen LogP contribution in [0.5, 0.6) is 0 Å². The second-order valence-corrected chi connectivity index (χ2v) is 4.91. The van der Waals surface area contributed by atoms with Gasteiger partial charge in [-0.1, -0.05) is 25.5 Å². The van der Waals surface area contributed by atoms with Crippen molar-refractivity contribution in [3.8, 4) is 0 Å². The van der Waals surface area contributed by atoms with E-state index < -0.39 is 5.97 Å². The molecule has 1 aromatic heterocycles. The van der Waals surface area contributed by atoms with Gasteiger partial charge in [0.2, 0.25) is 5.90 Å². The van der Waals surface area contributed by atoms with Crippen LogP contribution in [-0.2, 0) is 16.0 Å². The first-order valence-corrected chi connectivity index (χ1v) is 7.01. The van der Waals surface area contributed by atoms with Crippen LogP contribution in [0.4, 0.5) is 0 Å². The highest BCUT2D eigenvalue weighted by Crippen LogP contribution is 2.19. The molecule has 0 bridgehead atoms. The zero-order valence-corrected chi connectivity index (χ0v) is 11.8. The van der Waals surface area contributed by atoms with E-state index in [-0.39, 0.29) is 0 Å². The number of carbonyl (C=O) groups is 1. The molecule has 4 heteroatoms. The highest BCUT2D eigenvalue weighted by Gasteiger charge is 2.24. The number of cyclic esters (lactones) is 1. The Morgan fingerprint density at radius 3 is 2.71 bits per heavy atom. The Kier molecular flexibility index (Phi) is 3.69. The van der Waals surface area contributed by atoms with Crippen LogP contribution < -0.4 is 0 Å². The van der Waals surface area contributed by atoms with Gasteiger partial charge in [-0.2, -0.15) is 0 Å². The van der Waals surface area contributed by atoms with E-state index in [9.17, 15) is 4.79 Å². The molecule has 1 aromatic carbocycles. The number of aliphatic imine (C=N–C) groups is 1. The lowest BCUT2D eigenvalue weighted by molar-refractivity contribution is -0.129. The Bertz CT molecular complexity index is 695. The number of nitrogens with one attached hydrogen (secondary N) is 1. The summed E-state index contributed by atoms with van der Waals surface area (Å²) in [5.74, 6) is -0.0573. The first kappa shape index (κ1) is 13.4. The van der Waals surface area contributed by atoms with E-state index in [1.54, 1.807) is 12.3 Å². The maximum absolute atomic E-state index is 11.8. The number of aryl methyl sites for hydroxylation is 1. The highest BCUT2D eigenvalue weighted by molar-refractivity contribution is 6.12. The fourth-order valence-corrected chi connectivity index (χ4v) is 2.22. The third-order valence-corrected chi connectivity index (χ3v) is 3.27. The third-order valence-electron chi connectivity index (χ3n) is 3.27. The number of H-pyrrole nitrogens is 1. The van der Waals surface area contributed by atoms with Crippen LogP contribution in [-0.4, -0.2) is 16.9 Å². The molecule has 106 valence electrons. The molecule has 21 heavy (non-hydrogen) atoms. The fourth-order valence-electron chi connectivity index (χ4n) is 2.22. The van der Waals surface area contributed by atoms with Crippen LogP contribution in [0.15, 0.2) is 53.3 Å². The predicted octanol–water partition coefficient (Wildman–Crippen LogP) is 3.31. The second-order valence-electron chi connectivity index (χ2n) is 4.91. The van der Waals surface area contributed by atoms with E-state index in [1.807, 2.05) is 36.4 Å². The topological polar surface area (TPSA) is 54.5 Å². The second kappa shape index (κ2) is 5.79. The third kappa shape index (κ3) is 2.94. The Labute approximate surface area is 123 Å². The summed E-state index contributed by atoms with van der Waals surface area (Å²) in [5.41, 5.74) is 3.22. The van der Waals surface area contributed by atoms with Gasteiger partial charge in [-0.3, -0.25) is 0 Å². The number of ether oxygens (including phenoxy) is 1. The molecule has 2 heterocycles. The summed E-state index contributed by atoms with van der Waals surface area (Å²) in [5, 5.41) is 0. The maximum atomic E-state index is 11.8. The quantitative estimate of drug-likeness (QED) is 0.690. The molecule has 0 aliphatic carbocycles. The van der Waals surface area contributed by atoms with Crippen molar-refractivity contribution in [2.45, 2.75) is 19.8 Å². The lowest BCUT2D eigenvalue weighted by Gasteiger charge is -2.01. The number of aromatic amines is 1. The van der Waals surface area contributed by atoms with E-state index in [0.29, 0.717) is 11.6 Å². The number of hydrogen-bond donors (Lipinski definition) is 1. The summed E-state index contributed by atoms with van der Waals surface area (Å²) < 4.78 is 5.24. The average molecular weight is 280 g/mol. The van der Waals surface area contributed by atoms with Gasteiger partial charge >= 0.3 is 5.97 Å². The molecular formula is C17H16N2O2. The first-order valence-electron chi connectivity index (χ1n) is 7.01. The molecule has 0 radical (unpaired) electrons. The Balaban J connectivity index is 1.84. The van der Waals surface area contributed by atoms with Gasteiger partial charge in [0.05, 0.1) is 0 Å². The van der Waals surface area contributed by atoms with Crippen molar-refractivity contribution < 1.29 is 9.53 Å². The van der Waals surface area contributed by atoms with Crippen LogP contribution in [0.25, 0.3) is 6.08 Å². The van der Waals surface area contributed by atoms with Crippen LogP contribution in [0, 0.1) is 0 Å². The van der Waals surface area contributed by atoms with E-state index in [1.165, 1.54) is 5.56 Å². The van der Waals surface area contributed by atoms with Crippen molar-refractivity contribution in [1.29, 1.82) is 0 Å². The molecule has 0 saturated carbocycles. The number of esters is 1. The van der Waals surface area contributed by atoms with Gasteiger partial charge in [0, 0.05) is 17.5 Å². The largest absolute Gasteiger partial charge is 0.402 e. The normalized spacial score (nSPS) is 16.1. The minimum atomic E-state index is -0.419. The van der Waals surface area contributed by atoms with Gasteiger partial charge < -0.3 is 9.72 Å². The number of hydrogen-bond acceptors (Lipinski definition) is 3. The Morgan fingerprint density at radius 2 is 2.05 bits per heavy atom. The SMILES string of the molecule is CCCc1ccc(C2=N/C(=C\c3ccc[nH]3)C(=O)O2)cc1. The van der Waals surface area contributed by atoms with Crippen molar-refractivity contribution >= 4 is 17.9 Å². The van der Waals surface area contributed by atoms with Crippen molar-refractivity contribution in [3.63, 3.8) is 0 Å². The minimum Gasteiger partial charge on any atom is -0.402 e. The van der Waals surface area contributed by atoms with Gasteiger partial charge in [0.15, 0.2) is 5.70 Å². The fraction of sp³-hybridized carbons (Fsp3) is 0.176. The molecule has 0 fully saturated rings. The number of rotatable bonds is 4. The van der Waals surface area contributed by atoms with Crippen molar-refractivity contribution in [3.05, 3.63) is 65.1 Å². The van der Waals surface area contributed by atoms with Crippen LogP contribution in [0.2, 0.25) is 0 Å². The van der Waals surface area contributed by atoms with Crippen molar-refractivity contribution in [1.82, 2.24) is 4.98 Å². The molecule has 1 aliphatic rings. The molecule has 1 N–H and O–H groups in total. The molecule has 0 amide bonds. The zero-order chi connectivity index (χ0) is 14.7. The highest BCUT2D eigenvalue weighted by atomic mass is 16.6. The summed E-state index contributed by atoms with van der Waals surface area (Å²) in [6, 6.07) is 11.7. The summed E-state index contributed by atoms with van der Waals surface area (Å²) in [6.45, 7) is 2.15. The monoisotopic (exact) mass is 280 g/mol. The number of aromatic nitrogens is 1. The first-order chi connectivity index (χ1) is 10.3. The maximum Gasteiger partial charge on any atom is 0.363 e. The van der Waals surface area contributed by atoms with E-state index in [2.05, 4.69) is 16.9 Å². The molecule has 2 aromatic rings. The molecular weight excluding hydrogens is 264 g/mol. The zero-order valence-electron chi connectivity index (χ0n) is 11.8. The van der Waals surface area contributed by atoms with Gasteiger partial charge in [-0.05, 0) is 42.3 Å². The molecule has 4 nitrogen and oxygen atoms in total. The van der Waals surface area contributed by atoms with E-state index >= 15 is 0 Å². The Morgan fingerprint density at radius 1 is 1.24 bits per heavy atom. The van der Waals surface area contributed by atoms with Crippen molar-refractivity contribution in [2.24, 2.45) is 4.99 Å². The number of carbonyl (C=O) groups excluding carboxylic acids is 1. The lowest BCUT2D eigenvalue weighted by Crippen LogP contribution is -2.05. The number of benzene rings is 1. The average Bonchev–Trinajstić information content (AvgIpc) is 3.11. The smallest absolute Gasteiger partial charge is 0.363 e. The van der Waals surface area contributed by atoms with Gasteiger partial charge in [0.1, 0.15) is 0 Å². The lowest BCUT2D eigenvalue weighted by atomic mass is 10.1. The summed E-state index contributed by atoms with van der Waals surface area (Å²) in [7, 11) is 0.